The van der Waals surface area contributed by atoms with Crippen LogP contribution in [0.15, 0.2) is 48.2 Å². The molecule has 34 heavy (non-hydrogen) atoms. The molecule has 0 aliphatic heterocycles. The number of hydrogen-bond acceptors (Lipinski definition) is 7. The standard InChI is InChI=1S/C25H23ClN2O5S/c1-14-23(34-15(2)27-14)13-21(25(32)33-3)28-24(31)19-9-8-17(12-20(19)26)22(30)10-7-16-5-4-6-18(29)11-16/h4-6,8-9,11-13,29H,7,10H2,1-3H3,(H,28,31)/b21-13-. The highest BCUT2D eigenvalue weighted by atomic mass is 35.5. The number of aryl methyl sites for hydroxylation is 3. The zero-order valence-electron chi connectivity index (χ0n) is 18.8. The van der Waals surface area contributed by atoms with Gasteiger partial charge in [-0.2, -0.15) is 0 Å². The Labute approximate surface area is 206 Å². The second kappa shape index (κ2) is 11.1. The van der Waals surface area contributed by atoms with E-state index < -0.39 is 11.9 Å². The molecule has 7 nitrogen and oxygen atoms in total. The molecule has 0 unspecified atom stereocenters. The minimum atomic E-state index is -0.714. The molecule has 0 saturated heterocycles. The van der Waals surface area contributed by atoms with Crippen LogP contribution in [0.3, 0.4) is 0 Å². The van der Waals surface area contributed by atoms with E-state index in [1.165, 1.54) is 42.7 Å². The van der Waals surface area contributed by atoms with Gasteiger partial charge in [0.25, 0.3) is 5.91 Å². The van der Waals surface area contributed by atoms with Crippen LogP contribution in [0.2, 0.25) is 5.02 Å². The number of nitrogens with one attached hydrogen (secondary N) is 1. The van der Waals surface area contributed by atoms with Crippen molar-refractivity contribution < 1.29 is 24.2 Å². The predicted octanol–water partition coefficient (Wildman–Crippen LogP) is 4.88. The first-order valence-corrected chi connectivity index (χ1v) is 11.5. The third kappa shape index (κ3) is 6.30. The number of carbonyl (C=O) groups excluding carboxylic acids is 3. The van der Waals surface area contributed by atoms with Gasteiger partial charge in [0.05, 0.1) is 33.3 Å². The lowest BCUT2D eigenvalue weighted by Crippen LogP contribution is -2.28. The van der Waals surface area contributed by atoms with Crippen LogP contribution < -0.4 is 5.32 Å². The molecule has 3 rings (SSSR count). The minimum Gasteiger partial charge on any atom is -0.508 e. The molecule has 2 aromatic carbocycles. The van der Waals surface area contributed by atoms with E-state index in [1.807, 2.05) is 13.0 Å². The van der Waals surface area contributed by atoms with E-state index in [0.717, 1.165) is 21.1 Å². The summed E-state index contributed by atoms with van der Waals surface area (Å²) in [6, 6.07) is 11.1. The molecule has 0 aliphatic carbocycles. The molecule has 0 fully saturated rings. The number of ketones is 1. The number of carbonyl (C=O) groups is 3. The molecule has 0 atom stereocenters. The lowest BCUT2D eigenvalue weighted by molar-refractivity contribution is -0.136. The van der Waals surface area contributed by atoms with E-state index in [9.17, 15) is 19.5 Å². The van der Waals surface area contributed by atoms with Crippen LogP contribution in [-0.2, 0) is 16.0 Å². The van der Waals surface area contributed by atoms with Crippen molar-refractivity contribution in [3.05, 3.63) is 85.5 Å². The normalized spacial score (nSPS) is 11.2. The van der Waals surface area contributed by atoms with E-state index in [4.69, 9.17) is 16.3 Å². The van der Waals surface area contributed by atoms with E-state index >= 15 is 0 Å². The number of phenols is 1. The van der Waals surface area contributed by atoms with Gasteiger partial charge in [-0.15, -0.1) is 11.3 Å². The number of nitrogens with zero attached hydrogens (tertiary/aromatic N) is 1. The number of amides is 1. The van der Waals surface area contributed by atoms with Gasteiger partial charge in [0.2, 0.25) is 0 Å². The largest absolute Gasteiger partial charge is 0.508 e. The molecule has 1 aromatic heterocycles. The van der Waals surface area contributed by atoms with Crippen LogP contribution >= 0.6 is 22.9 Å². The van der Waals surface area contributed by atoms with Crippen molar-refractivity contribution in [2.75, 3.05) is 7.11 Å². The van der Waals surface area contributed by atoms with Crippen molar-refractivity contribution in [3.8, 4) is 5.75 Å². The summed E-state index contributed by atoms with van der Waals surface area (Å²) in [7, 11) is 1.22. The number of Topliss-reactive ketones (excluding diaryl/α,β-unsaturated/α-hetero) is 1. The number of aromatic hydroxyl groups is 1. The number of aromatic nitrogens is 1. The van der Waals surface area contributed by atoms with Crippen LogP contribution in [0.4, 0.5) is 0 Å². The molecule has 1 heterocycles. The zero-order chi connectivity index (χ0) is 24.8. The van der Waals surface area contributed by atoms with Gasteiger partial charge in [0.15, 0.2) is 5.78 Å². The molecule has 9 heteroatoms. The Morgan fingerprint density at radius 1 is 1.18 bits per heavy atom. The predicted molar refractivity (Wildman–Crippen MR) is 131 cm³/mol. The number of hydrogen-bond donors (Lipinski definition) is 2. The smallest absolute Gasteiger partial charge is 0.354 e. The Bertz CT molecular complexity index is 1280. The van der Waals surface area contributed by atoms with Crippen molar-refractivity contribution in [2.45, 2.75) is 26.7 Å². The number of thiazole rings is 1. The van der Waals surface area contributed by atoms with Gasteiger partial charge in [-0.1, -0.05) is 29.8 Å². The van der Waals surface area contributed by atoms with Crippen molar-refractivity contribution >= 4 is 46.7 Å². The topological polar surface area (TPSA) is 106 Å². The lowest BCUT2D eigenvalue weighted by atomic mass is 10.0. The summed E-state index contributed by atoms with van der Waals surface area (Å²) >= 11 is 7.68. The van der Waals surface area contributed by atoms with Crippen LogP contribution in [0.25, 0.3) is 6.08 Å². The highest BCUT2D eigenvalue weighted by Gasteiger charge is 2.19. The lowest BCUT2D eigenvalue weighted by Gasteiger charge is -2.10. The van der Waals surface area contributed by atoms with Gasteiger partial charge in [0, 0.05) is 12.0 Å². The van der Waals surface area contributed by atoms with E-state index in [2.05, 4.69) is 10.3 Å². The third-order valence-electron chi connectivity index (χ3n) is 4.96. The quantitative estimate of drug-likeness (QED) is 0.260. The summed E-state index contributed by atoms with van der Waals surface area (Å²) in [6.45, 7) is 3.65. The number of methoxy groups -OCH3 is 1. The molecule has 1 amide bonds. The van der Waals surface area contributed by atoms with E-state index in [0.29, 0.717) is 12.0 Å². The molecule has 176 valence electrons. The third-order valence-corrected chi connectivity index (χ3v) is 6.29. The van der Waals surface area contributed by atoms with E-state index in [1.54, 1.807) is 25.1 Å². The van der Waals surface area contributed by atoms with Gasteiger partial charge < -0.3 is 15.2 Å². The van der Waals surface area contributed by atoms with Crippen LogP contribution in [0.1, 0.15) is 48.3 Å². The highest BCUT2D eigenvalue weighted by Crippen LogP contribution is 2.23. The first-order valence-electron chi connectivity index (χ1n) is 10.3. The fourth-order valence-corrected chi connectivity index (χ4v) is 4.38. The second-order valence-electron chi connectivity index (χ2n) is 7.47. The van der Waals surface area contributed by atoms with E-state index in [-0.39, 0.29) is 34.2 Å². The monoisotopic (exact) mass is 498 g/mol. The van der Waals surface area contributed by atoms with Crippen LogP contribution in [0, 0.1) is 13.8 Å². The molecule has 0 radical (unpaired) electrons. The Morgan fingerprint density at radius 2 is 1.94 bits per heavy atom. The molecule has 2 N–H and O–H groups in total. The molecular weight excluding hydrogens is 476 g/mol. The number of phenolic OH excluding ortho intramolecular Hbond substituents is 1. The van der Waals surface area contributed by atoms with Gasteiger partial charge in [-0.25, -0.2) is 9.78 Å². The van der Waals surface area contributed by atoms with Gasteiger partial charge in [-0.3, -0.25) is 9.59 Å². The maximum absolute atomic E-state index is 12.8. The number of halogens is 1. The number of rotatable bonds is 8. The molecular formula is C25H23ClN2O5S. The summed E-state index contributed by atoms with van der Waals surface area (Å²) in [5.41, 5.74) is 1.98. The molecule has 0 saturated carbocycles. The van der Waals surface area contributed by atoms with Crippen molar-refractivity contribution in [2.24, 2.45) is 0 Å². The zero-order valence-corrected chi connectivity index (χ0v) is 20.4. The first kappa shape index (κ1) is 25.1. The number of benzene rings is 2. The molecule has 0 bridgehead atoms. The first-order chi connectivity index (χ1) is 16.2. The summed E-state index contributed by atoms with van der Waals surface area (Å²) in [4.78, 5) is 42.7. The second-order valence-corrected chi connectivity index (χ2v) is 9.12. The fraction of sp³-hybridized carbons (Fsp3) is 0.200. The Balaban J connectivity index is 1.74. The summed E-state index contributed by atoms with van der Waals surface area (Å²) < 4.78 is 4.79. The van der Waals surface area contributed by atoms with Crippen molar-refractivity contribution in [3.63, 3.8) is 0 Å². The van der Waals surface area contributed by atoms with Crippen LogP contribution in [0.5, 0.6) is 5.75 Å². The molecule has 0 spiro atoms. The number of esters is 1. The summed E-state index contributed by atoms with van der Waals surface area (Å²) in [5.74, 6) is -1.33. The van der Waals surface area contributed by atoms with Gasteiger partial charge in [0.1, 0.15) is 11.4 Å². The Kier molecular flexibility index (Phi) is 8.20. The van der Waals surface area contributed by atoms with Gasteiger partial charge >= 0.3 is 5.97 Å². The summed E-state index contributed by atoms with van der Waals surface area (Å²) in [6.07, 6.45) is 2.18. The minimum absolute atomic E-state index is 0.0541. The summed E-state index contributed by atoms with van der Waals surface area (Å²) in [5, 5.41) is 13.0. The molecule has 0 aliphatic rings. The SMILES string of the molecule is COC(=O)/C(=C/c1sc(C)nc1C)NC(=O)c1ccc(C(=O)CCc2cccc(O)c2)cc1Cl. The Morgan fingerprint density at radius 3 is 2.56 bits per heavy atom. The van der Waals surface area contributed by atoms with Crippen molar-refractivity contribution in [1.82, 2.24) is 10.3 Å². The average molecular weight is 499 g/mol. The number of ether oxygens (including phenoxy) is 1. The molecule has 3 aromatic rings. The van der Waals surface area contributed by atoms with Gasteiger partial charge in [-0.05, 0) is 56.2 Å². The fourth-order valence-electron chi connectivity index (χ4n) is 3.24. The maximum atomic E-state index is 12.8. The van der Waals surface area contributed by atoms with Crippen LogP contribution in [-0.4, -0.2) is 34.9 Å². The highest BCUT2D eigenvalue weighted by molar-refractivity contribution is 7.12. The average Bonchev–Trinajstić information content (AvgIpc) is 3.12. The van der Waals surface area contributed by atoms with Crippen molar-refractivity contribution in [1.29, 1.82) is 0 Å². The Hall–Kier alpha value is -3.49. The maximum Gasteiger partial charge on any atom is 0.354 e.